The molecule has 7 heteroatoms. The van der Waals surface area contributed by atoms with E-state index in [-0.39, 0.29) is 22.6 Å². The molecule has 0 atom stereocenters. The molecule has 6 nitrogen and oxygen atoms in total. The number of methoxy groups -OCH3 is 1. The van der Waals surface area contributed by atoms with Crippen LogP contribution in [0.5, 0.6) is 5.75 Å². The number of benzene rings is 1. The molecule has 0 radical (unpaired) electrons. The highest BCUT2D eigenvalue weighted by molar-refractivity contribution is 7.89. The van der Waals surface area contributed by atoms with E-state index in [4.69, 9.17) is 4.74 Å². The van der Waals surface area contributed by atoms with Gasteiger partial charge in [0.05, 0.1) is 7.11 Å². The maximum Gasteiger partial charge on any atom is 0.251 e. The molecule has 1 amide bonds. The average Bonchev–Trinajstić information content (AvgIpc) is 2.68. The second-order valence-corrected chi connectivity index (χ2v) is 9.67. The van der Waals surface area contributed by atoms with Crippen LogP contribution in [0.25, 0.3) is 0 Å². The van der Waals surface area contributed by atoms with Crippen LogP contribution in [-0.4, -0.2) is 44.9 Å². The molecule has 0 bridgehead atoms. The standard InChI is InChI=1S/C20H30N2O4S/c1-15-10-12-22(13-11-15)27(24,25)19-14-16(8-9-18(19)26-2)20(23)21-17-6-4-3-5-7-17/h8-9,14-15,17H,3-7,10-13H2,1-2H3,(H,21,23). The maximum atomic E-state index is 13.2. The van der Waals surface area contributed by atoms with E-state index >= 15 is 0 Å². The Morgan fingerprint density at radius 1 is 1.11 bits per heavy atom. The number of nitrogens with one attached hydrogen (secondary N) is 1. The summed E-state index contributed by atoms with van der Waals surface area (Å²) in [5, 5.41) is 3.05. The lowest BCUT2D eigenvalue weighted by Crippen LogP contribution is -2.38. The van der Waals surface area contributed by atoms with Crippen LogP contribution < -0.4 is 10.1 Å². The molecule has 1 saturated heterocycles. The fraction of sp³-hybridized carbons (Fsp3) is 0.650. The highest BCUT2D eigenvalue weighted by atomic mass is 32.2. The van der Waals surface area contributed by atoms with Crippen LogP contribution in [0.2, 0.25) is 0 Å². The van der Waals surface area contributed by atoms with Gasteiger partial charge < -0.3 is 10.1 Å². The monoisotopic (exact) mass is 394 g/mol. The molecular weight excluding hydrogens is 364 g/mol. The molecule has 1 heterocycles. The average molecular weight is 395 g/mol. The van der Waals surface area contributed by atoms with Gasteiger partial charge in [-0.1, -0.05) is 26.2 Å². The van der Waals surface area contributed by atoms with E-state index in [1.165, 1.54) is 23.9 Å². The zero-order valence-corrected chi connectivity index (χ0v) is 17.1. The molecule has 1 aliphatic carbocycles. The predicted octanol–water partition coefficient (Wildman–Crippen LogP) is 3.18. The molecule has 1 N–H and O–H groups in total. The summed E-state index contributed by atoms with van der Waals surface area (Å²) in [6.07, 6.45) is 7.14. The smallest absolute Gasteiger partial charge is 0.251 e. The van der Waals surface area contributed by atoms with Gasteiger partial charge in [0, 0.05) is 24.7 Å². The van der Waals surface area contributed by atoms with Gasteiger partial charge in [-0.25, -0.2) is 8.42 Å². The van der Waals surface area contributed by atoms with Gasteiger partial charge in [0.25, 0.3) is 5.91 Å². The quantitative estimate of drug-likeness (QED) is 0.832. The number of amides is 1. The van der Waals surface area contributed by atoms with E-state index < -0.39 is 10.0 Å². The Hall–Kier alpha value is -1.60. The van der Waals surface area contributed by atoms with Crippen molar-refractivity contribution >= 4 is 15.9 Å². The van der Waals surface area contributed by atoms with E-state index in [0.717, 1.165) is 38.5 Å². The van der Waals surface area contributed by atoms with Gasteiger partial charge in [-0.15, -0.1) is 0 Å². The van der Waals surface area contributed by atoms with Crippen molar-refractivity contribution in [1.29, 1.82) is 0 Å². The van der Waals surface area contributed by atoms with Crippen LogP contribution in [0.4, 0.5) is 0 Å². The second-order valence-electron chi connectivity index (χ2n) is 7.76. The van der Waals surface area contributed by atoms with Gasteiger partial charge in [-0.05, 0) is 49.8 Å². The van der Waals surface area contributed by atoms with Gasteiger partial charge in [-0.3, -0.25) is 4.79 Å². The van der Waals surface area contributed by atoms with Crippen molar-refractivity contribution in [3.8, 4) is 5.75 Å². The lowest BCUT2D eigenvalue weighted by Gasteiger charge is -2.30. The minimum absolute atomic E-state index is 0.0795. The van der Waals surface area contributed by atoms with Crippen LogP contribution in [-0.2, 0) is 10.0 Å². The van der Waals surface area contributed by atoms with E-state index in [9.17, 15) is 13.2 Å². The van der Waals surface area contributed by atoms with Crippen molar-refractivity contribution < 1.29 is 17.9 Å². The topological polar surface area (TPSA) is 75.7 Å². The first-order chi connectivity index (χ1) is 12.9. The normalized spacial score (nSPS) is 20.4. The third kappa shape index (κ3) is 4.63. The van der Waals surface area contributed by atoms with Crippen LogP contribution in [0.1, 0.15) is 62.2 Å². The number of rotatable bonds is 5. The summed E-state index contributed by atoms with van der Waals surface area (Å²) >= 11 is 0. The largest absolute Gasteiger partial charge is 0.495 e. The number of piperidine rings is 1. The minimum atomic E-state index is -3.69. The van der Waals surface area contributed by atoms with Gasteiger partial charge in [0.2, 0.25) is 10.0 Å². The van der Waals surface area contributed by atoms with Gasteiger partial charge in [0.1, 0.15) is 10.6 Å². The highest BCUT2D eigenvalue weighted by Crippen LogP contribution is 2.30. The maximum absolute atomic E-state index is 13.2. The van der Waals surface area contributed by atoms with Crippen LogP contribution >= 0.6 is 0 Å². The molecule has 27 heavy (non-hydrogen) atoms. The zero-order chi connectivity index (χ0) is 19.4. The lowest BCUT2D eigenvalue weighted by atomic mass is 9.95. The Morgan fingerprint density at radius 3 is 2.41 bits per heavy atom. The molecule has 1 aliphatic heterocycles. The third-order valence-corrected chi connectivity index (χ3v) is 7.65. The number of carbonyl (C=O) groups is 1. The van der Waals surface area contributed by atoms with Gasteiger partial charge >= 0.3 is 0 Å². The fourth-order valence-corrected chi connectivity index (χ4v) is 5.55. The molecule has 0 unspecified atom stereocenters. The second kappa shape index (κ2) is 8.61. The SMILES string of the molecule is COc1ccc(C(=O)NC2CCCCC2)cc1S(=O)(=O)N1CCC(C)CC1. The zero-order valence-electron chi connectivity index (χ0n) is 16.2. The summed E-state index contributed by atoms with van der Waals surface area (Å²) in [6.45, 7) is 3.15. The van der Waals surface area contributed by atoms with Crippen molar-refractivity contribution in [2.24, 2.45) is 5.92 Å². The number of sulfonamides is 1. The molecule has 1 aromatic carbocycles. The van der Waals surface area contributed by atoms with Gasteiger partial charge in [-0.2, -0.15) is 4.31 Å². The van der Waals surface area contributed by atoms with Gasteiger partial charge in [0.15, 0.2) is 0 Å². The number of carbonyl (C=O) groups excluding carboxylic acids is 1. The molecule has 1 aromatic rings. The molecule has 0 aromatic heterocycles. The predicted molar refractivity (Wildman–Crippen MR) is 104 cm³/mol. The molecule has 2 fully saturated rings. The Morgan fingerprint density at radius 2 is 1.78 bits per heavy atom. The summed E-state index contributed by atoms with van der Waals surface area (Å²) in [5.74, 6) is 0.599. The summed E-state index contributed by atoms with van der Waals surface area (Å²) in [7, 11) is -2.24. The Labute approximate surface area is 162 Å². The van der Waals surface area contributed by atoms with Crippen molar-refractivity contribution in [2.75, 3.05) is 20.2 Å². The minimum Gasteiger partial charge on any atom is -0.495 e. The first-order valence-electron chi connectivity index (χ1n) is 9.91. The molecule has 0 spiro atoms. The Kier molecular flexibility index (Phi) is 6.42. The molecule has 3 rings (SSSR count). The molecule has 2 aliphatic rings. The van der Waals surface area contributed by atoms with E-state index in [2.05, 4.69) is 12.2 Å². The van der Waals surface area contributed by atoms with Crippen LogP contribution in [0.3, 0.4) is 0 Å². The van der Waals surface area contributed by atoms with E-state index in [1.54, 1.807) is 12.1 Å². The molecule has 150 valence electrons. The van der Waals surface area contributed by atoms with Crippen LogP contribution in [0, 0.1) is 5.92 Å². The Balaban J connectivity index is 1.83. The van der Waals surface area contributed by atoms with Crippen LogP contribution in [0.15, 0.2) is 23.1 Å². The molecular formula is C20H30N2O4S. The van der Waals surface area contributed by atoms with Crippen molar-refractivity contribution in [1.82, 2.24) is 9.62 Å². The Bertz CT molecular complexity index is 764. The number of nitrogens with zero attached hydrogens (tertiary/aromatic N) is 1. The van der Waals surface area contributed by atoms with Crippen molar-refractivity contribution in [2.45, 2.75) is 62.8 Å². The first-order valence-corrected chi connectivity index (χ1v) is 11.3. The van der Waals surface area contributed by atoms with Crippen molar-refractivity contribution in [3.63, 3.8) is 0 Å². The first kappa shape index (κ1) is 20.1. The fourth-order valence-electron chi connectivity index (χ4n) is 3.90. The molecule has 1 saturated carbocycles. The number of ether oxygens (including phenoxy) is 1. The van der Waals surface area contributed by atoms with E-state index in [0.29, 0.717) is 24.6 Å². The summed E-state index contributed by atoms with van der Waals surface area (Å²) in [5.41, 5.74) is 0.366. The van der Waals surface area contributed by atoms with E-state index in [1.807, 2.05) is 0 Å². The van der Waals surface area contributed by atoms with Crippen molar-refractivity contribution in [3.05, 3.63) is 23.8 Å². The summed E-state index contributed by atoms with van der Waals surface area (Å²) < 4.78 is 33.1. The lowest BCUT2D eigenvalue weighted by molar-refractivity contribution is 0.0927. The summed E-state index contributed by atoms with van der Waals surface area (Å²) in [6, 6.07) is 4.85. The number of hydrogen-bond acceptors (Lipinski definition) is 4. The summed E-state index contributed by atoms with van der Waals surface area (Å²) in [4.78, 5) is 12.7. The highest BCUT2D eigenvalue weighted by Gasteiger charge is 2.31. The number of hydrogen-bond donors (Lipinski definition) is 1. The third-order valence-electron chi connectivity index (χ3n) is 5.73.